The molecule has 0 heterocycles. The molecule has 1 aliphatic carbocycles. The fourth-order valence-electron chi connectivity index (χ4n) is 1.36. The molecule has 92 valence electrons. The van der Waals surface area contributed by atoms with Crippen LogP contribution in [0.3, 0.4) is 0 Å². The maximum atomic E-state index is 11.7. The first-order valence-corrected chi connectivity index (χ1v) is 5.87. The lowest BCUT2D eigenvalue weighted by atomic mass is 10.4. The molecule has 3 amide bonds. The van der Waals surface area contributed by atoms with Crippen molar-refractivity contribution < 1.29 is 9.59 Å². The van der Waals surface area contributed by atoms with Crippen LogP contribution in [-0.2, 0) is 4.79 Å². The molecule has 0 aliphatic heterocycles. The second kappa shape index (κ2) is 5.72. The maximum Gasteiger partial charge on any atom is 0.318 e. The Morgan fingerprint density at radius 1 is 1.38 bits per heavy atom. The number of likely N-dealkylation sites (N-methyl/N-ethyl adjacent to an activating group) is 1. The molecule has 5 heteroatoms. The maximum absolute atomic E-state index is 11.7. The number of carbonyl (C=O) groups is 2. The van der Waals surface area contributed by atoms with Gasteiger partial charge in [-0.15, -0.1) is 0 Å². The zero-order valence-electron chi connectivity index (χ0n) is 10.2. The number of carbonyl (C=O) groups excluding carboxylic acids is 2. The van der Waals surface area contributed by atoms with E-state index in [4.69, 9.17) is 0 Å². The van der Waals surface area contributed by atoms with Crippen LogP contribution in [0.4, 0.5) is 4.79 Å². The molecule has 2 N–H and O–H groups in total. The lowest BCUT2D eigenvalue weighted by Crippen LogP contribution is -2.47. The highest BCUT2D eigenvalue weighted by Crippen LogP contribution is 2.18. The number of hydrogen-bond acceptors (Lipinski definition) is 2. The normalized spacial score (nSPS) is 14.8. The Hall–Kier alpha value is -1.26. The van der Waals surface area contributed by atoms with Crippen molar-refractivity contribution in [1.29, 1.82) is 0 Å². The van der Waals surface area contributed by atoms with Gasteiger partial charge >= 0.3 is 6.03 Å². The van der Waals surface area contributed by atoms with Crippen molar-refractivity contribution in [2.75, 3.05) is 13.1 Å². The van der Waals surface area contributed by atoms with Crippen molar-refractivity contribution in [3.63, 3.8) is 0 Å². The highest BCUT2D eigenvalue weighted by atomic mass is 16.2. The molecule has 1 saturated carbocycles. The number of amides is 3. The van der Waals surface area contributed by atoms with Crippen molar-refractivity contribution in [2.24, 2.45) is 0 Å². The van der Waals surface area contributed by atoms with Gasteiger partial charge < -0.3 is 15.5 Å². The number of rotatable bonds is 5. The molecule has 0 radical (unpaired) electrons. The van der Waals surface area contributed by atoms with Crippen LogP contribution in [0.1, 0.15) is 33.6 Å². The summed E-state index contributed by atoms with van der Waals surface area (Å²) in [6.45, 7) is 6.35. The fraction of sp³-hybridized carbons (Fsp3) is 0.818. The Bertz CT molecular complexity index is 262. The zero-order valence-corrected chi connectivity index (χ0v) is 10.2. The predicted molar refractivity (Wildman–Crippen MR) is 62.1 cm³/mol. The van der Waals surface area contributed by atoms with Gasteiger partial charge in [0.15, 0.2) is 0 Å². The minimum atomic E-state index is -0.135. The SMILES string of the molecule is CCN(CC(=O)NC(C)C)C(=O)NC1CC1. The van der Waals surface area contributed by atoms with Gasteiger partial charge in [-0.25, -0.2) is 4.79 Å². The minimum Gasteiger partial charge on any atom is -0.352 e. The minimum absolute atomic E-state index is 0.109. The van der Waals surface area contributed by atoms with Crippen molar-refractivity contribution in [3.05, 3.63) is 0 Å². The summed E-state index contributed by atoms with van der Waals surface area (Å²) in [5, 5.41) is 5.64. The standard InChI is InChI=1S/C11H21N3O2/c1-4-14(7-10(15)12-8(2)3)11(16)13-9-5-6-9/h8-9H,4-7H2,1-3H3,(H,12,15)(H,13,16). The third-order valence-corrected chi connectivity index (χ3v) is 2.36. The largest absolute Gasteiger partial charge is 0.352 e. The van der Waals surface area contributed by atoms with Gasteiger partial charge in [-0.05, 0) is 33.6 Å². The van der Waals surface area contributed by atoms with Crippen molar-refractivity contribution in [1.82, 2.24) is 15.5 Å². The van der Waals surface area contributed by atoms with Gasteiger partial charge in [-0.1, -0.05) is 0 Å². The molecule has 5 nitrogen and oxygen atoms in total. The van der Waals surface area contributed by atoms with Crippen LogP contribution in [0, 0.1) is 0 Å². The van der Waals surface area contributed by atoms with Crippen LogP contribution in [0.2, 0.25) is 0 Å². The van der Waals surface area contributed by atoms with E-state index in [0.717, 1.165) is 12.8 Å². The van der Waals surface area contributed by atoms with E-state index in [9.17, 15) is 9.59 Å². The van der Waals surface area contributed by atoms with E-state index >= 15 is 0 Å². The van der Waals surface area contributed by atoms with E-state index in [2.05, 4.69) is 10.6 Å². The molecule has 0 aromatic rings. The van der Waals surface area contributed by atoms with Gasteiger partial charge in [-0.2, -0.15) is 0 Å². The number of urea groups is 1. The monoisotopic (exact) mass is 227 g/mol. The summed E-state index contributed by atoms with van der Waals surface area (Å²) >= 11 is 0. The lowest BCUT2D eigenvalue weighted by Gasteiger charge is -2.21. The van der Waals surface area contributed by atoms with Gasteiger partial charge in [0.2, 0.25) is 5.91 Å². The van der Waals surface area contributed by atoms with E-state index in [-0.39, 0.29) is 24.5 Å². The summed E-state index contributed by atoms with van der Waals surface area (Å²) in [5.41, 5.74) is 0. The molecule has 0 aromatic heterocycles. The summed E-state index contributed by atoms with van der Waals surface area (Å²) < 4.78 is 0. The number of nitrogens with one attached hydrogen (secondary N) is 2. The van der Waals surface area contributed by atoms with Crippen LogP contribution in [0.5, 0.6) is 0 Å². The molecule has 0 aromatic carbocycles. The average Bonchev–Trinajstić information content (AvgIpc) is 2.96. The summed E-state index contributed by atoms with van der Waals surface area (Å²) in [4.78, 5) is 24.7. The van der Waals surface area contributed by atoms with Crippen LogP contribution in [0.15, 0.2) is 0 Å². The lowest BCUT2D eigenvalue weighted by molar-refractivity contribution is -0.122. The fourth-order valence-corrected chi connectivity index (χ4v) is 1.36. The quantitative estimate of drug-likeness (QED) is 0.726. The predicted octanol–water partition coefficient (Wildman–Crippen LogP) is 0.705. The number of hydrogen-bond donors (Lipinski definition) is 2. The summed E-state index contributed by atoms with van der Waals surface area (Å²) in [7, 11) is 0. The Balaban J connectivity index is 2.34. The Morgan fingerprint density at radius 2 is 2.00 bits per heavy atom. The van der Waals surface area contributed by atoms with Gasteiger partial charge in [0.1, 0.15) is 6.54 Å². The first kappa shape index (κ1) is 12.8. The molecule has 0 spiro atoms. The molecule has 1 fully saturated rings. The summed E-state index contributed by atoms with van der Waals surface area (Å²) in [6.07, 6.45) is 2.11. The van der Waals surface area contributed by atoms with Crippen LogP contribution < -0.4 is 10.6 Å². The Kier molecular flexibility index (Phi) is 4.58. The molecular formula is C11H21N3O2. The molecule has 0 saturated heterocycles. The molecule has 0 bridgehead atoms. The Labute approximate surface area is 96.6 Å². The van der Waals surface area contributed by atoms with Gasteiger partial charge in [0, 0.05) is 18.6 Å². The molecule has 16 heavy (non-hydrogen) atoms. The van der Waals surface area contributed by atoms with Crippen LogP contribution >= 0.6 is 0 Å². The third kappa shape index (κ3) is 4.51. The second-order valence-corrected chi connectivity index (χ2v) is 4.46. The molecule has 1 rings (SSSR count). The van der Waals surface area contributed by atoms with Crippen molar-refractivity contribution >= 4 is 11.9 Å². The van der Waals surface area contributed by atoms with E-state index in [1.54, 1.807) is 0 Å². The van der Waals surface area contributed by atoms with Crippen LogP contribution in [0.25, 0.3) is 0 Å². The second-order valence-electron chi connectivity index (χ2n) is 4.46. The van der Waals surface area contributed by atoms with E-state index in [1.807, 2.05) is 20.8 Å². The van der Waals surface area contributed by atoms with Crippen LogP contribution in [-0.4, -0.2) is 42.0 Å². The summed E-state index contributed by atoms with van der Waals surface area (Å²) in [6, 6.07) is 0.302. The first-order chi connectivity index (χ1) is 7.52. The average molecular weight is 227 g/mol. The van der Waals surface area contributed by atoms with E-state index in [0.29, 0.717) is 12.6 Å². The molecular weight excluding hydrogens is 206 g/mol. The van der Waals surface area contributed by atoms with Gasteiger partial charge in [-0.3, -0.25) is 4.79 Å². The van der Waals surface area contributed by atoms with E-state index in [1.165, 1.54) is 4.90 Å². The number of nitrogens with zero attached hydrogens (tertiary/aromatic N) is 1. The first-order valence-electron chi connectivity index (χ1n) is 5.87. The third-order valence-electron chi connectivity index (χ3n) is 2.36. The highest BCUT2D eigenvalue weighted by molar-refractivity contribution is 5.84. The van der Waals surface area contributed by atoms with Gasteiger partial charge in [0.25, 0.3) is 0 Å². The van der Waals surface area contributed by atoms with E-state index < -0.39 is 0 Å². The summed E-state index contributed by atoms with van der Waals surface area (Å²) in [5.74, 6) is -0.109. The highest BCUT2D eigenvalue weighted by Gasteiger charge is 2.26. The zero-order chi connectivity index (χ0) is 12.1. The molecule has 0 unspecified atom stereocenters. The molecule has 1 aliphatic rings. The van der Waals surface area contributed by atoms with Gasteiger partial charge in [0.05, 0.1) is 0 Å². The Morgan fingerprint density at radius 3 is 2.44 bits per heavy atom. The smallest absolute Gasteiger partial charge is 0.318 e. The van der Waals surface area contributed by atoms with Crippen molar-refractivity contribution in [2.45, 2.75) is 45.7 Å². The topological polar surface area (TPSA) is 61.4 Å². The van der Waals surface area contributed by atoms with Crippen molar-refractivity contribution in [3.8, 4) is 0 Å². The molecule has 0 atom stereocenters.